The highest BCUT2D eigenvalue weighted by Gasteiger charge is 2.16. The summed E-state index contributed by atoms with van der Waals surface area (Å²) in [6.45, 7) is 2.33. The summed E-state index contributed by atoms with van der Waals surface area (Å²) in [5, 5.41) is 14.1. The van der Waals surface area contributed by atoms with Crippen LogP contribution in [0.5, 0.6) is 0 Å². The highest BCUT2D eigenvalue weighted by molar-refractivity contribution is 5.94. The van der Waals surface area contributed by atoms with Gasteiger partial charge in [0, 0.05) is 30.6 Å². The number of aromatic nitrogens is 1. The number of nitro groups is 1. The molecule has 0 spiro atoms. The number of rotatable bonds is 5. The van der Waals surface area contributed by atoms with Crippen LogP contribution in [-0.4, -0.2) is 15.8 Å². The van der Waals surface area contributed by atoms with Crippen LogP contribution >= 0.6 is 0 Å². The van der Waals surface area contributed by atoms with Crippen LogP contribution < -0.4 is 11.1 Å². The van der Waals surface area contributed by atoms with Crippen molar-refractivity contribution < 1.29 is 9.72 Å². The van der Waals surface area contributed by atoms with Crippen molar-refractivity contribution in [3.63, 3.8) is 0 Å². The molecule has 1 amide bonds. The molecule has 0 fully saturated rings. The van der Waals surface area contributed by atoms with Gasteiger partial charge in [-0.25, -0.2) is 0 Å². The third-order valence-corrected chi connectivity index (χ3v) is 3.10. The average Bonchev–Trinajstić information content (AvgIpc) is 2.46. The number of nitrogens with two attached hydrogens (primary N) is 1. The predicted molar refractivity (Wildman–Crippen MR) is 77.9 cm³/mol. The molecular formula is C14H14N4O3. The number of hydrogen-bond acceptors (Lipinski definition) is 5. The topological polar surface area (TPSA) is 111 Å². The summed E-state index contributed by atoms with van der Waals surface area (Å²) in [7, 11) is 0. The van der Waals surface area contributed by atoms with E-state index in [1.54, 1.807) is 12.4 Å². The van der Waals surface area contributed by atoms with E-state index in [4.69, 9.17) is 5.73 Å². The first-order chi connectivity index (χ1) is 9.99. The molecule has 0 unspecified atom stereocenters. The maximum absolute atomic E-state index is 11.1. The third-order valence-electron chi connectivity index (χ3n) is 3.10. The van der Waals surface area contributed by atoms with Crippen molar-refractivity contribution in [1.29, 1.82) is 0 Å². The number of pyridine rings is 1. The number of benzene rings is 1. The van der Waals surface area contributed by atoms with Crippen molar-refractivity contribution >= 4 is 17.3 Å². The lowest BCUT2D eigenvalue weighted by Crippen LogP contribution is -2.12. The van der Waals surface area contributed by atoms with Gasteiger partial charge in [-0.15, -0.1) is 0 Å². The van der Waals surface area contributed by atoms with Gasteiger partial charge < -0.3 is 11.1 Å². The molecule has 7 heteroatoms. The van der Waals surface area contributed by atoms with Gasteiger partial charge >= 0.3 is 0 Å². The fraction of sp³-hybridized carbons (Fsp3) is 0.143. The second-order valence-electron chi connectivity index (χ2n) is 4.51. The fourth-order valence-electron chi connectivity index (χ4n) is 1.86. The Kier molecular flexibility index (Phi) is 4.13. The smallest absolute Gasteiger partial charge is 0.293 e. The number of nitrogens with zero attached hydrogens (tertiary/aromatic N) is 2. The van der Waals surface area contributed by atoms with E-state index in [-0.39, 0.29) is 11.3 Å². The first-order valence-corrected chi connectivity index (χ1v) is 6.20. The van der Waals surface area contributed by atoms with Crippen molar-refractivity contribution in [3.8, 4) is 0 Å². The molecule has 0 saturated heterocycles. The number of hydrogen-bond donors (Lipinski definition) is 2. The molecule has 7 nitrogen and oxygen atoms in total. The lowest BCUT2D eigenvalue weighted by Gasteiger charge is -2.09. The van der Waals surface area contributed by atoms with Crippen LogP contribution in [0, 0.1) is 17.0 Å². The van der Waals surface area contributed by atoms with Crippen molar-refractivity contribution in [2.45, 2.75) is 13.5 Å². The zero-order valence-corrected chi connectivity index (χ0v) is 11.4. The quantitative estimate of drug-likeness (QED) is 0.645. The molecule has 2 aromatic rings. The Balaban J connectivity index is 2.26. The van der Waals surface area contributed by atoms with Gasteiger partial charge in [-0.1, -0.05) is 0 Å². The lowest BCUT2D eigenvalue weighted by atomic mass is 10.1. The van der Waals surface area contributed by atoms with Crippen molar-refractivity contribution in [1.82, 2.24) is 4.98 Å². The van der Waals surface area contributed by atoms with Crippen molar-refractivity contribution in [2.24, 2.45) is 5.73 Å². The highest BCUT2D eigenvalue weighted by Crippen LogP contribution is 2.26. The number of carbonyl (C=O) groups excluding carboxylic acids is 1. The minimum Gasteiger partial charge on any atom is -0.375 e. The summed E-state index contributed by atoms with van der Waals surface area (Å²) in [5.41, 5.74) is 7.34. The Morgan fingerprint density at radius 3 is 2.81 bits per heavy atom. The minimum absolute atomic E-state index is 0.102. The van der Waals surface area contributed by atoms with Crippen LogP contribution in [0.4, 0.5) is 11.4 Å². The van der Waals surface area contributed by atoms with E-state index >= 15 is 0 Å². The average molecular weight is 286 g/mol. The molecule has 0 saturated carbocycles. The summed E-state index contributed by atoms with van der Waals surface area (Å²) in [6, 6.07) is 5.96. The van der Waals surface area contributed by atoms with E-state index in [2.05, 4.69) is 10.3 Å². The Morgan fingerprint density at radius 1 is 1.43 bits per heavy atom. The number of carbonyl (C=O) groups is 1. The summed E-state index contributed by atoms with van der Waals surface area (Å²) in [5.74, 6) is -0.701. The second kappa shape index (κ2) is 6.00. The van der Waals surface area contributed by atoms with Gasteiger partial charge in [-0.3, -0.25) is 19.9 Å². The van der Waals surface area contributed by atoms with Crippen LogP contribution in [0.15, 0.2) is 36.7 Å². The summed E-state index contributed by atoms with van der Waals surface area (Å²) in [6.07, 6.45) is 3.38. The largest absolute Gasteiger partial charge is 0.375 e. The molecule has 0 aliphatic carbocycles. The fourth-order valence-corrected chi connectivity index (χ4v) is 1.86. The molecule has 0 atom stereocenters. The minimum atomic E-state index is -0.701. The zero-order chi connectivity index (χ0) is 15.4. The van der Waals surface area contributed by atoms with E-state index in [0.717, 1.165) is 11.1 Å². The Labute approximate surface area is 121 Å². The first-order valence-electron chi connectivity index (χ1n) is 6.20. The number of nitro benzene ring substituents is 1. The van der Waals surface area contributed by atoms with Gasteiger partial charge in [0.2, 0.25) is 5.91 Å². The molecule has 108 valence electrons. The summed E-state index contributed by atoms with van der Waals surface area (Å²) < 4.78 is 0. The maximum atomic E-state index is 11.1. The summed E-state index contributed by atoms with van der Waals surface area (Å²) >= 11 is 0. The maximum Gasteiger partial charge on any atom is 0.293 e. The number of amides is 1. The van der Waals surface area contributed by atoms with Crippen LogP contribution in [0.2, 0.25) is 0 Å². The van der Waals surface area contributed by atoms with Crippen LogP contribution in [0.1, 0.15) is 21.5 Å². The van der Waals surface area contributed by atoms with Gasteiger partial charge in [-0.05, 0) is 36.2 Å². The van der Waals surface area contributed by atoms with Crippen molar-refractivity contribution in [2.75, 3.05) is 5.32 Å². The van der Waals surface area contributed by atoms with Crippen LogP contribution in [-0.2, 0) is 6.54 Å². The number of primary amides is 1. The molecule has 0 radical (unpaired) electrons. The highest BCUT2D eigenvalue weighted by atomic mass is 16.6. The second-order valence-corrected chi connectivity index (χ2v) is 4.51. The molecule has 1 heterocycles. The van der Waals surface area contributed by atoms with Gasteiger partial charge in [0.1, 0.15) is 5.69 Å². The molecule has 0 bridgehead atoms. The molecular weight excluding hydrogens is 272 g/mol. The van der Waals surface area contributed by atoms with Gasteiger partial charge in [0.05, 0.1) is 4.92 Å². The Morgan fingerprint density at radius 2 is 2.19 bits per heavy atom. The standard InChI is InChI=1S/C14H14N4O3/c1-9-4-5-16-7-11(9)8-17-12-3-2-10(14(15)19)6-13(12)18(20)21/h2-7,17H,8H2,1H3,(H2,15,19). The molecule has 21 heavy (non-hydrogen) atoms. The van der Waals surface area contributed by atoms with E-state index < -0.39 is 10.8 Å². The Hall–Kier alpha value is -2.96. The van der Waals surface area contributed by atoms with Gasteiger partial charge in [0.25, 0.3) is 5.69 Å². The predicted octanol–water partition coefficient (Wildman–Crippen LogP) is 2.01. The molecule has 3 N–H and O–H groups in total. The molecule has 1 aromatic carbocycles. The molecule has 2 rings (SSSR count). The lowest BCUT2D eigenvalue weighted by molar-refractivity contribution is -0.384. The molecule has 1 aromatic heterocycles. The van der Waals surface area contributed by atoms with Crippen molar-refractivity contribution in [3.05, 3.63) is 63.5 Å². The zero-order valence-electron chi connectivity index (χ0n) is 11.4. The van der Waals surface area contributed by atoms with E-state index in [1.807, 2.05) is 13.0 Å². The third kappa shape index (κ3) is 3.33. The number of nitrogens with one attached hydrogen (secondary N) is 1. The SMILES string of the molecule is Cc1ccncc1CNc1ccc(C(N)=O)cc1[N+](=O)[O-]. The summed E-state index contributed by atoms with van der Waals surface area (Å²) in [4.78, 5) is 25.6. The van der Waals surface area contributed by atoms with E-state index in [9.17, 15) is 14.9 Å². The van der Waals surface area contributed by atoms with Gasteiger partial charge in [0.15, 0.2) is 0 Å². The van der Waals surface area contributed by atoms with Gasteiger partial charge in [-0.2, -0.15) is 0 Å². The number of aryl methyl sites for hydroxylation is 1. The number of anilines is 1. The Bertz CT molecular complexity index is 700. The van der Waals surface area contributed by atoms with E-state index in [0.29, 0.717) is 12.2 Å². The van der Waals surface area contributed by atoms with Crippen LogP contribution in [0.25, 0.3) is 0 Å². The first kappa shape index (κ1) is 14.4. The monoisotopic (exact) mass is 286 g/mol. The molecule has 0 aliphatic rings. The normalized spacial score (nSPS) is 10.1. The van der Waals surface area contributed by atoms with Crippen LogP contribution in [0.3, 0.4) is 0 Å². The van der Waals surface area contributed by atoms with E-state index in [1.165, 1.54) is 18.2 Å². The molecule has 0 aliphatic heterocycles.